The molecule has 2 saturated heterocycles. The molecule has 2 aliphatic rings. The Hall–Kier alpha value is -1.87. The van der Waals surface area contributed by atoms with Crippen molar-refractivity contribution in [2.75, 3.05) is 44.3 Å². The first-order valence-electron chi connectivity index (χ1n) is 8.28. The van der Waals surface area contributed by atoms with E-state index in [1.165, 1.54) is 12.3 Å². The topological polar surface area (TPSA) is 97.1 Å². The number of hydrogen-bond acceptors (Lipinski definition) is 7. The van der Waals surface area contributed by atoms with Crippen molar-refractivity contribution in [2.45, 2.75) is 19.4 Å². The van der Waals surface area contributed by atoms with E-state index in [9.17, 15) is 18.0 Å². The second-order valence-electron chi connectivity index (χ2n) is 6.48. The summed E-state index contributed by atoms with van der Waals surface area (Å²) in [6.07, 6.45) is 1.88. The molecular weight excluding hydrogens is 348 g/mol. The number of piperazine rings is 1. The van der Waals surface area contributed by atoms with Gasteiger partial charge >= 0.3 is 0 Å². The van der Waals surface area contributed by atoms with Gasteiger partial charge in [0.15, 0.2) is 16.4 Å². The minimum Gasteiger partial charge on any atom is -0.477 e. The van der Waals surface area contributed by atoms with Gasteiger partial charge in [-0.05, 0) is 13.3 Å². The molecule has 0 spiro atoms. The molecule has 8 nitrogen and oxygen atoms in total. The monoisotopic (exact) mass is 370 g/mol. The fourth-order valence-corrected chi connectivity index (χ4v) is 4.99. The molecule has 25 heavy (non-hydrogen) atoms. The third-order valence-corrected chi connectivity index (χ3v) is 6.42. The molecule has 0 bridgehead atoms. The van der Waals surface area contributed by atoms with Crippen molar-refractivity contribution in [3.8, 4) is 5.75 Å². The van der Waals surface area contributed by atoms with E-state index < -0.39 is 9.84 Å². The van der Waals surface area contributed by atoms with Crippen LogP contribution in [-0.2, 0) is 14.6 Å². The van der Waals surface area contributed by atoms with Crippen LogP contribution in [0.2, 0.25) is 0 Å². The second kappa shape index (κ2) is 7.17. The predicted molar refractivity (Wildman–Crippen MR) is 90.4 cm³/mol. The number of ether oxygens (including phenoxy) is 1. The highest BCUT2D eigenvalue weighted by molar-refractivity contribution is 7.91. The van der Waals surface area contributed by atoms with Crippen LogP contribution < -0.4 is 10.2 Å². The number of sulfone groups is 1. The maximum absolute atomic E-state index is 12.2. The summed E-state index contributed by atoms with van der Waals surface area (Å²) in [6.45, 7) is 3.80. The van der Waals surface area contributed by atoms with Gasteiger partial charge in [-0.3, -0.25) is 14.5 Å². The average molecular weight is 370 g/mol. The lowest BCUT2D eigenvalue weighted by Crippen LogP contribution is -2.53. The van der Waals surface area contributed by atoms with E-state index in [2.05, 4.69) is 4.90 Å². The van der Waals surface area contributed by atoms with E-state index in [1.807, 2.05) is 0 Å². The van der Waals surface area contributed by atoms with Gasteiger partial charge in [-0.15, -0.1) is 0 Å². The van der Waals surface area contributed by atoms with Crippen LogP contribution in [0.5, 0.6) is 5.75 Å². The van der Waals surface area contributed by atoms with Crippen LogP contribution in [0, 0.1) is 6.92 Å². The first-order chi connectivity index (χ1) is 11.8. The smallest absolute Gasteiger partial charge is 0.260 e. The van der Waals surface area contributed by atoms with Crippen LogP contribution >= 0.6 is 0 Å². The molecule has 3 rings (SSSR count). The maximum atomic E-state index is 12.2. The van der Waals surface area contributed by atoms with Crippen molar-refractivity contribution >= 4 is 15.7 Å². The second-order valence-corrected chi connectivity index (χ2v) is 8.71. The third kappa shape index (κ3) is 4.40. The lowest BCUT2D eigenvalue weighted by molar-refractivity contribution is -0.135. The lowest BCUT2D eigenvalue weighted by atomic mass is 10.2. The molecule has 1 aromatic rings. The number of rotatable bonds is 4. The normalized spacial score (nSPS) is 23.6. The Morgan fingerprint density at radius 1 is 1.32 bits per heavy atom. The first kappa shape index (κ1) is 17.9. The van der Waals surface area contributed by atoms with Crippen molar-refractivity contribution in [3.05, 3.63) is 28.3 Å². The Morgan fingerprint density at radius 3 is 2.64 bits per heavy atom. The summed E-state index contributed by atoms with van der Waals surface area (Å²) in [4.78, 5) is 27.8. The summed E-state index contributed by atoms with van der Waals surface area (Å²) in [7, 11) is -2.90. The molecule has 0 N–H and O–H groups in total. The van der Waals surface area contributed by atoms with Crippen molar-refractivity contribution in [1.82, 2.24) is 9.80 Å². The van der Waals surface area contributed by atoms with Crippen molar-refractivity contribution in [3.63, 3.8) is 0 Å². The predicted octanol–water partition coefficient (Wildman–Crippen LogP) is -0.342. The van der Waals surface area contributed by atoms with Crippen LogP contribution in [0.1, 0.15) is 12.2 Å². The van der Waals surface area contributed by atoms with Gasteiger partial charge in [-0.2, -0.15) is 0 Å². The zero-order valence-corrected chi connectivity index (χ0v) is 15.0. The molecule has 2 aliphatic heterocycles. The van der Waals surface area contributed by atoms with Gasteiger partial charge in [0.25, 0.3) is 5.91 Å². The zero-order valence-electron chi connectivity index (χ0n) is 14.1. The molecule has 2 fully saturated rings. The van der Waals surface area contributed by atoms with Gasteiger partial charge < -0.3 is 14.1 Å². The summed E-state index contributed by atoms with van der Waals surface area (Å²) >= 11 is 0. The number of aryl methyl sites for hydroxylation is 1. The molecule has 0 unspecified atom stereocenters. The highest BCUT2D eigenvalue weighted by Gasteiger charge is 2.34. The molecular formula is C16H22N2O6S. The summed E-state index contributed by atoms with van der Waals surface area (Å²) in [6, 6.07) is 1.38. The highest BCUT2D eigenvalue weighted by atomic mass is 32.2. The number of nitrogens with zero attached hydrogens (tertiary/aromatic N) is 2. The molecule has 0 aliphatic carbocycles. The summed E-state index contributed by atoms with van der Waals surface area (Å²) in [5.74, 6) is 0.776. The van der Waals surface area contributed by atoms with E-state index in [4.69, 9.17) is 9.15 Å². The van der Waals surface area contributed by atoms with Gasteiger partial charge in [0.05, 0.1) is 11.5 Å². The number of carbonyl (C=O) groups excluding carboxylic acids is 1. The van der Waals surface area contributed by atoms with Crippen LogP contribution in [0.4, 0.5) is 0 Å². The largest absolute Gasteiger partial charge is 0.477 e. The molecule has 1 aromatic heterocycles. The van der Waals surface area contributed by atoms with Gasteiger partial charge in [-0.25, -0.2) is 8.42 Å². The number of carbonyl (C=O) groups is 1. The number of amides is 1. The fraction of sp³-hybridized carbons (Fsp3) is 0.625. The van der Waals surface area contributed by atoms with Crippen molar-refractivity contribution < 1.29 is 22.4 Å². The van der Waals surface area contributed by atoms with E-state index in [0.717, 1.165) is 0 Å². The minimum atomic E-state index is -2.90. The highest BCUT2D eigenvalue weighted by Crippen LogP contribution is 2.19. The van der Waals surface area contributed by atoms with Gasteiger partial charge in [-0.1, -0.05) is 0 Å². The molecule has 1 atom stereocenters. The molecule has 0 saturated carbocycles. The summed E-state index contributed by atoms with van der Waals surface area (Å²) in [5.41, 5.74) is -0.316. The third-order valence-electron chi connectivity index (χ3n) is 4.67. The van der Waals surface area contributed by atoms with E-state index in [1.54, 1.807) is 11.8 Å². The van der Waals surface area contributed by atoms with Crippen LogP contribution in [-0.4, -0.2) is 74.5 Å². The van der Waals surface area contributed by atoms with Crippen LogP contribution in [0.15, 0.2) is 21.5 Å². The summed E-state index contributed by atoms with van der Waals surface area (Å²) < 4.78 is 33.5. The van der Waals surface area contributed by atoms with Gasteiger partial charge in [0, 0.05) is 38.3 Å². The zero-order chi connectivity index (χ0) is 18.0. The standard InChI is InChI=1S/C16H22N2O6S/c1-12-8-14(19)15(9-23-12)24-10-16(20)18-5-3-17(4-6-18)13-2-7-25(21,22)11-13/h8-9,13H,2-7,10-11H2,1H3/t13-/m0/s1. The maximum Gasteiger partial charge on any atom is 0.260 e. The Morgan fingerprint density at radius 2 is 2.04 bits per heavy atom. The molecule has 3 heterocycles. The lowest BCUT2D eigenvalue weighted by Gasteiger charge is -2.37. The van der Waals surface area contributed by atoms with E-state index >= 15 is 0 Å². The fourth-order valence-electron chi connectivity index (χ4n) is 3.23. The molecule has 0 radical (unpaired) electrons. The SMILES string of the molecule is Cc1cc(=O)c(OCC(=O)N2CCN([C@H]3CCS(=O)(=O)C3)CC2)co1. The minimum absolute atomic E-state index is 0.0220. The molecule has 9 heteroatoms. The van der Waals surface area contributed by atoms with Crippen LogP contribution in [0.3, 0.4) is 0 Å². The Balaban J connectivity index is 1.48. The number of hydrogen-bond donors (Lipinski definition) is 0. The van der Waals surface area contributed by atoms with Crippen molar-refractivity contribution in [2.24, 2.45) is 0 Å². The Labute approximate surface area is 146 Å². The average Bonchev–Trinajstić information content (AvgIpc) is 2.94. The first-order valence-corrected chi connectivity index (χ1v) is 10.1. The van der Waals surface area contributed by atoms with Gasteiger partial charge in [0.1, 0.15) is 12.0 Å². The van der Waals surface area contributed by atoms with Crippen LogP contribution in [0.25, 0.3) is 0 Å². The Kier molecular flexibility index (Phi) is 5.14. The van der Waals surface area contributed by atoms with Gasteiger partial charge in [0.2, 0.25) is 11.2 Å². The molecule has 1 amide bonds. The summed E-state index contributed by atoms with van der Waals surface area (Å²) in [5, 5.41) is 0. The van der Waals surface area contributed by atoms with Crippen molar-refractivity contribution in [1.29, 1.82) is 0 Å². The van der Waals surface area contributed by atoms with E-state index in [-0.39, 0.29) is 41.2 Å². The molecule has 0 aromatic carbocycles. The quantitative estimate of drug-likeness (QED) is 0.715. The van der Waals surface area contributed by atoms with E-state index in [0.29, 0.717) is 38.4 Å². The Bertz CT molecular complexity index is 795. The molecule has 138 valence electrons.